The molecular formula is C15H12N4S2. The molecule has 0 atom stereocenters. The minimum atomic E-state index is 0.423. The van der Waals surface area contributed by atoms with Gasteiger partial charge in [0, 0.05) is 35.1 Å². The van der Waals surface area contributed by atoms with Crippen LogP contribution in [0.1, 0.15) is 11.3 Å². The van der Waals surface area contributed by atoms with Crippen molar-refractivity contribution in [1.82, 2.24) is 14.0 Å². The summed E-state index contributed by atoms with van der Waals surface area (Å²) in [5.41, 5.74) is 8.78. The summed E-state index contributed by atoms with van der Waals surface area (Å²) in [7, 11) is 0. The van der Waals surface area contributed by atoms with Crippen molar-refractivity contribution in [1.29, 1.82) is 0 Å². The minimum Gasteiger partial charge on any atom is -0.389 e. The molecule has 4 nitrogen and oxygen atoms in total. The Morgan fingerprint density at radius 1 is 1.29 bits per heavy atom. The van der Waals surface area contributed by atoms with Gasteiger partial charge in [-0.2, -0.15) is 0 Å². The van der Waals surface area contributed by atoms with E-state index in [1.165, 1.54) is 5.39 Å². The summed E-state index contributed by atoms with van der Waals surface area (Å²) in [6.45, 7) is 0.735. The Labute approximate surface area is 130 Å². The average Bonchev–Trinajstić information content (AvgIpc) is 3.13. The smallest absolute Gasteiger partial charge is 0.193 e. The number of nitrogens with zero attached hydrogens (tertiary/aromatic N) is 3. The van der Waals surface area contributed by atoms with Crippen LogP contribution in [0.5, 0.6) is 0 Å². The molecule has 2 N–H and O–H groups in total. The number of hydrogen-bond acceptors (Lipinski definition) is 3. The minimum absolute atomic E-state index is 0.423. The number of hydrogen-bond donors (Lipinski definition) is 1. The molecular weight excluding hydrogens is 300 g/mol. The lowest BCUT2D eigenvalue weighted by Crippen LogP contribution is -2.09. The second-order valence-electron chi connectivity index (χ2n) is 4.91. The highest BCUT2D eigenvalue weighted by Gasteiger charge is 2.07. The van der Waals surface area contributed by atoms with Crippen molar-refractivity contribution in [2.75, 3.05) is 0 Å². The van der Waals surface area contributed by atoms with Crippen LogP contribution < -0.4 is 5.73 Å². The summed E-state index contributed by atoms with van der Waals surface area (Å²) in [5.74, 6) is 0. The molecule has 6 heteroatoms. The summed E-state index contributed by atoms with van der Waals surface area (Å²) < 4.78 is 4.22. The summed E-state index contributed by atoms with van der Waals surface area (Å²) in [5, 5.41) is 3.21. The molecule has 21 heavy (non-hydrogen) atoms. The van der Waals surface area contributed by atoms with Crippen molar-refractivity contribution in [3.8, 4) is 0 Å². The molecule has 0 unspecified atom stereocenters. The lowest BCUT2D eigenvalue weighted by Gasteiger charge is -2.04. The normalized spacial score (nSPS) is 11.4. The van der Waals surface area contributed by atoms with Crippen LogP contribution in [-0.4, -0.2) is 18.9 Å². The van der Waals surface area contributed by atoms with Gasteiger partial charge in [0.25, 0.3) is 0 Å². The van der Waals surface area contributed by atoms with E-state index in [0.717, 1.165) is 28.3 Å². The van der Waals surface area contributed by atoms with E-state index in [2.05, 4.69) is 28.0 Å². The third-order valence-corrected chi connectivity index (χ3v) is 4.54. The molecule has 0 radical (unpaired) electrons. The second-order valence-corrected chi connectivity index (χ2v) is 6.22. The largest absolute Gasteiger partial charge is 0.389 e. The molecule has 3 heterocycles. The van der Waals surface area contributed by atoms with Crippen LogP contribution in [0.3, 0.4) is 0 Å². The molecule has 104 valence electrons. The average molecular weight is 312 g/mol. The Kier molecular flexibility index (Phi) is 2.80. The maximum absolute atomic E-state index is 5.72. The molecule has 3 aromatic heterocycles. The third-order valence-electron chi connectivity index (χ3n) is 3.53. The highest BCUT2D eigenvalue weighted by Crippen LogP contribution is 2.20. The topological polar surface area (TPSA) is 48.2 Å². The lowest BCUT2D eigenvalue weighted by atomic mass is 10.1. The molecule has 4 rings (SSSR count). The first-order chi connectivity index (χ1) is 10.2. The van der Waals surface area contributed by atoms with E-state index in [0.29, 0.717) is 4.99 Å². The van der Waals surface area contributed by atoms with Gasteiger partial charge in [-0.1, -0.05) is 24.4 Å². The Morgan fingerprint density at radius 3 is 3.00 bits per heavy atom. The van der Waals surface area contributed by atoms with Crippen LogP contribution in [0, 0.1) is 0 Å². The Hall–Kier alpha value is -2.18. The number of thiocarbonyl (C=S) groups is 1. The fraction of sp³-hybridized carbons (Fsp3) is 0.0667. The van der Waals surface area contributed by atoms with Crippen molar-refractivity contribution in [2.24, 2.45) is 5.73 Å². The zero-order valence-corrected chi connectivity index (χ0v) is 12.7. The van der Waals surface area contributed by atoms with Crippen LogP contribution >= 0.6 is 23.6 Å². The van der Waals surface area contributed by atoms with Crippen LogP contribution in [0.2, 0.25) is 0 Å². The van der Waals surface area contributed by atoms with E-state index < -0.39 is 0 Å². The zero-order chi connectivity index (χ0) is 14.4. The van der Waals surface area contributed by atoms with E-state index >= 15 is 0 Å². The summed E-state index contributed by atoms with van der Waals surface area (Å²) in [6, 6.07) is 8.14. The number of nitrogens with two attached hydrogens (primary N) is 1. The van der Waals surface area contributed by atoms with Crippen LogP contribution in [0.4, 0.5) is 0 Å². The van der Waals surface area contributed by atoms with Gasteiger partial charge in [0.15, 0.2) is 4.96 Å². The highest BCUT2D eigenvalue weighted by atomic mass is 32.1. The van der Waals surface area contributed by atoms with Crippen molar-refractivity contribution >= 4 is 44.4 Å². The standard InChI is InChI=1S/C15H12N4S2/c16-14(20)11-2-1-10-3-4-18(13(10)7-11)8-12-9-19-5-6-21-15(19)17-12/h1-7,9H,8H2,(H2,16,20). The number of imidazole rings is 1. The number of rotatable bonds is 3. The molecule has 0 amide bonds. The fourth-order valence-electron chi connectivity index (χ4n) is 2.50. The molecule has 0 aliphatic rings. The Bertz CT molecular complexity index is 932. The van der Waals surface area contributed by atoms with Gasteiger partial charge in [0.05, 0.1) is 12.2 Å². The molecule has 1 aromatic carbocycles. The van der Waals surface area contributed by atoms with Gasteiger partial charge in [-0.15, -0.1) is 11.3 Å². The SMILES string of the molecule is NC(=S)c1ccc2ccn(Cc3cn4ccsc4n3)c2c1. The molecule has 0 spiro atoms. The third kappa shape index (κ3) is 2.12. The van der Waals surface area contributed by atoms with Crippen molar-refractivity contribution in [3.05, 3.63) is 59.5 Å². The predicted octanol–water partition coefficient (Wildman–Crippen LogP) is 3.03. The summed E-state index contributed by atoms with van der Waals surface area (Å²) >= 11 is 6.70. The molecule has 0 saturated heterocycles. The Morgan fingerprint density at radius 2 is 2.19 bits per heavy atom. The zero-order valence-electron chi connectivity index (χ0n) is 11.1. The monoisotopic (exact) mass is 312 g/mol. The highest BCUT2D eigenvalue weighted by molar-refractivity contribution is 7.80. The van der Waals surface area contributed by atoms with E-state index in [9.17, 15) is 0 Å². The first kappa shape index (κ1) is 12.6. The number of thiazole rings is 1. The molecule has 0 fully saturated rings. The van der Waals surface area contributed by atoms with Crippen molar-refractivity contribution < 1.29 is 0 Å². The van der Waals surface area contributed by atoms with Crippen LogP contribution in [-0.2, 0) is 6.54 Å². The van der Waals surface area contributed by atoms with Gasteiger partial charge in [-0.25, -0.2) is 4.98 Å². The number of benzene rings is 1. The van der Waals surface area contributed by atoms with Gasteiger partial charge < -0.3 is 10.3 Å². The quantitative estimate of drug-likeness (QED) is 0.592. The molecule has 4 aromatic rings. The van der Waals surface area contributed by atoms with E-state index in [4.69, 9.17) is 18.0 Å². The van der Waals surface area contributed by atoms with Crippen molar-refractivity contribution in [3.63, 3.8) is 0 Å². The van der Waals surface area contributed by atoms with Crippen LogP contribution in [0.15, 0.2) is 48.2 Å². The predicted molar refractivity (Wildman–Crippen MR) is 90.0 cm³/mol. The molecule has 0 saturated carbocycles. The van der Waals surface area contributed by atoms with Gasteiger partial charge in [0.2, 0.25) is 0 Å². The van der Waals surface area contributed by atoms with Gasteiger partial charge in [-0.05, 0) is 17.5 Å². The molecule has 0 aliphatic carbocycles. The maximum Gasteiger partial charge on any atom is 0.193 e. The van der Waals surface area contributed by atoms with Crippen molar-refractivity contribution in [2.45, 2.75) is 6.54 Å². The molecule has 0 aliphatic heterocycles. The first-order valence-electron chi connectivity index (χ1n) is 6.50. The summed E-state index contributed by atoms with van der Waals surface area (Å²) in [4.78, 5) is 6.06. The van der Waals surface area contributed by atoms with E-state index in [1.54, 1.807) is 11.3 Å². The first-order valence-corrected chi connectivity index (χ1v) is 7.79. The molecule has 0 bridgehead atoms. The fourth-order valence-corrected chi connectivity index (χ4v) is 3.35. The second kappa shape index (κ2) is 4.68. The van der Waals surface area contributed by atoms with E-state index in [1.807, 2.05) is 34.2 Å². The van der Waals surface area contributed by atoms with Crippen LogP contribution in [0.25, 0.3) is 15.9 Å². The number of aromatic nitrogens is 3. The Balaban J connectivity index is 1.77. The van der Waals surface area contributed by atoms with E-state index in [-0.39, 0.29) is 0 Å². The maximum atomic E-state index is 5.72. The van der Waals surface area contributed by atoms with Gasteiger partial charge in [-0.3, -0.25) is 4.40 Å². The number of fused-ring (bicyclic) bond motifs is 2. The van der Waals surface area contributed by atoms with Gasteiger partial charge in [0.1, 0.15) is 4.99 Å². The van der Waals surface area contributed by atoms with Gasteiger partial charge >= 0.3 is 0 Å². The summed E-state index contributed by atoms with van der Waals surface area (Å²) in [6.07, 6.45) is 6.16. The lowest BCUT2D eigenvalue weighted by molar-refractivity contribution is 0.815.